The summed E-state index contributed by atoms with van der Waals surface area (Å²) in [4.78, 5) is 8.36. The third-order valence-electron chi connectivity index (χ3n) is 4.67. The van der Waals surface area contributed by atoms with Crippen molar-refractivity contribution in [3.05, 3.63) is 89.9 Å². The van der Waals surface area contributed by atoms with Gasteiger partial charge < -0.3 is 4.74 Å². The van der Waals surface area contributed by atoms with Gasteiger partial charge in [-0.05, 0) is 42.0 Å². The van der Waals surface area contributed by atoms with Gasteiger partial charge in [0, 0.05) is 11.8 Å². The average Bonchev–Trinajstić information content (AvgIpc) is 2.82. The average molecular weight is 428 g/mol. The molecule has 156 valence electrons. The molecule has 2 aromatic heterocycles. The zero-order chi connectivity index (χ0) is 22.1. The van der Waals surface area contributed by atoms with Gasteiger partial charge in [-0.1, -0.05) is 18.2 Å². The van der Waals surface area contributed by atoms with E-state index in [9.17, 15) is 22.0 Å². The van der Waals surface area contributed by atoms with Crippen molar-refractivity contribution in [2.24, 2.45) is 0 Å². The van der Waals surface area contributed by atoms with Gasteiger partial charge in [0.2, 0.25) is 5.82 Å². The summed E-state index contributed by atoms with van der Waals surface area (Å²) in [6.45, 7) is 0. The lowest BCUT2D eigenvalue weighted by Crippen LogP contribution is -2.06. The second kappa shape index (κ2) is 8.14. The zero-order valence-corrected chi connectivity index (χ0v) is 16.0. The Morgan fingerprint density at radius 3 is 1.90 bits per heavy atom. The van der Waals surface area contributed by atoms with Crippen molar-refractivity contribution in [1.29, 1.82) is 0 Å². The molecule has 0 aliphatic rings. The van der Waals surface area contributed by atoms with Crippen molar-refractivity contribution in [1.82, 2.24) is 9.97 Å². The highest BCUT2D eigenvalue weighted by atomic mass is 19.2. The summed E-state index contributed by atoms with van der Waals surface area (Å²) < 4.78 is 75.8. The summed E-state index contributed by atoms with van der Waals surface area (Å²) in [5, 5.41) is 0. The summed E-state index contributed by atoms with van der Waals surface area (Å²) >= 11 is 0. The highest BCUT2D eigenvalue weighted by Gasteiger charge is 2.29. The summed E-state index contributed by atoms with van der Waals surface area (Å²) in [7, 11) is 1.47. The number of hydrogen-bond donors (Lipinski definition) is 0. The summed E-state index contributed by atoms with van der Waals surface area (Å²) in [5.74, 6) is -9.71. The van der Waals surface area contributed by atoms with Crippen LogP contribution in [0.15, 0.2) is 60.8 Å². The number of halogens is 5. The summed E-state index contributed by atoms with van der Waals surface area (Å²) in [5.41, 5.74) is -0.322. The molecule has 0 atom stereocenters. The minimum Gasteiger partial charge on any atom is -0.497 e. The molecule has 0 saturated carbocycles. The fourth-order valence-electron chi connectivity index (χ4n) is 3.12. The largest absolute Gasteiger partial charge is 0.497 e. The summed E-state index contributed by atoms with van der Waals surface area (Å²) in [6.07, 6.45) is 1.49. The Balaban J connectivity index is 2.02. The molecule has 3 nitrogen and oxygen atoms in total. The van der Waals surface area contributed by atoms with E-state index in [2.05, 4.69) is 9.97 Å². The number of methoxy groups -OCH3 is 1. The van der Waals surface area contributed by atoms with Crippen molar-refractivity contribution in [3.63, 3.8) is 0 Å². The van der Waals surface area contributed by atoms with Gasteiger partial charge in [0.1, 0.15) is 5.75 Å². The molecule has 0 spiro atoms. The number of rotatable bonds is 4. The van der Waals surface area contributed by atoms with Crippen LogP contribution in [-0.4, -0.2) is 17.1 Å². The van der Waals surface area contributed by atoms with Gasteiger partial charge in [-0.3, -0.25) is 4.98 Å². The number of pyridine rings is 2. The maximum atomic E-state index is 14.6. The Kier molecular flexibility index (Phi) is 5.37. The number of benzene rings is 2. The van der Waals surface area contributed by atoms with E-state index in [0.29, 0.717) is 17.0 Å². The third kappa shape index (κ3) is 3.61. The van der Waals surface area contributed by atoms with Gasteiger partial charge >= 0.3 is 0 Å². The molecule has 4 rings (SSSR count). The first-order valence-electron chi connectivity index (χ1n) is 9.01. The van der Waals surface area contributed by atoms with Crippen LogP contribution in [0.1, 0.15) is 0 Å². The quantitative estimate of drug-likeness (QED) is 0.221. The fraction of sp³-hybridized carbons (Fsp3) is 0.0435. The molecular weight excluding hydrogens is 415 g/mol. The minimum atomic E-state index is -2.23. The Morgan fingerprint density at radius 2 is 1.32 bits per heavy atom. The maximum absolute atomic E-state index is 14.6. The Labute approximate surface area is 173 Å². The predicted molar refractivity (Wildman–Crippen MR) is 105 cm³/mol. The van der Waals surface area contributed by atoms with Gasteiger partial charge in [0.15, 0.2) is 23.3 Å². The molecule has 2 aromatic carbocycles. The van der Waals surface area contributed by atoms with Crippen molar-refractivity contribution < 1.29 is 26.7 Å². The Bertz CT molecular complexity index is 1230. The van der Waals surface area contributed by atoms with Crippen LogP contribution < -0.4 is 4.74 Å². The van der Waals surface area contributed by atoms with Gasteiger partial charge in [0.25, 0.3) is 0 Å². The lowest BCUT2D eigenvalue weighted by Gasteiger charge is -2.14. The van der Waals surface area contributed by atoms with E-state index in [1.54, 1.807) is 48.5 Å². The van der Waals surface area contributed by atoms with E-state index in [1.807, 2.05) is 0 Å². The molecule has 0 amide bonds. The van der Waals surface area contributed by atoms with Gasteiger partial charge in [-0.25, -0.2) is 26.9 Å². The molecule has 0 bridgehead atoms. The second-order valence-electron chi connectivity index (χ2n) is 6.48. The first-order chi connectivity index (χ1) is 14.9. The highest BCUT2D eigenvalue weighted by Crippen LogP contribution is 2.38. The first-order valence-corrected chi connectivity index (χ1v) is 9.01. The van der Waals surface area contributed by atoms with Gasteiger partial charge in [-0.15, -0.1) is 0 Å². The molecule has 0 aliphatic carbocycles. The van der Waals surface area contributed by atoms with Crippen LogP contribution in [0, 0.1) is 29.1 Å². The zero-order valence-electron chi connectivity index (χ0n) is 16.0. The standard InChI is InChI=1S/C23H13F5N2O/c1-31-13-7-5-12(6-8-13)14-9-10-16(15-4-2-3-11-29-15)30-23(14)17-18(24)20(26)22(28)21(27)19(17)25/h2-11H,1H3. The van der Waals surface area contributed by atoms with E-state index in [-0.39, 0.29) is 11.3 Å². The molecule has 0 aliphatic heterocycles. The summed E-state index contributed by atoms with van der Waals surface area (Å²) in [6, 6.07) is 14.4. The molecule has 0 unspecified atom stereocenters. The smallest absolute Gasteiger partial charge is 0.200 e. The van der Waals surface area contributed by atoms with Crippen molar-refractivity contribution >= 4 is 0 Å². The Hall–Kier alpha value is -3.81. The van der Waals surface area contributed by atoms with Gasteiger partial charge in [0.05, 0.1) is 29.8 Å². The second-order valence-corrected chi connectivity index (χ2v) is 6.48. The number of aromatic nitrogens is 2. The molecule has 0 saturated heterocycles. The van der Waals surface area contributed by atoms with E-state index in [1.165, 1.54) is 19.4 Å². The lowest BCUT2D eigenvalue weighted by molar-refractivity contribution is 0.381. The van der Waals surface area contributed by atoms with Gasteiger partial charge in [-0.2, -0.15) is 0 Å². The van der Waals surface area contributed by atoms with Crippen LogP contribution in [0.2, 0.25) is 0 Å². The SMILES string of the molecule is COc1ccc(-c2ccc(-c3ccccn3)nc2-c2c(F)c(F)c(F)c(F)c2F)cc1. The van der Waals surface area contributed by atoms with E-state index < -0.39 is 40.3 Å². The minimum absolute atomic E-state index is 0.172. The fourth-order valence-corrected chi connectivity index (χ4v) is 3.12. The molecule has 0 radical (unpaired) electrons. The molecule has 0 N–H and O–H groups in total. The molecule has 4 aromatic rings. The number of ether oxygens (including phenoxy) is 1. The van der Waals surface area contributed by atoms with Crippen LogP contribution in [0.4, 0.5) is 22.0 Å². The molecule has 0 fully saturated rings. The van der Waals surface area contributed by atoms with Crippen LogP contribution >= 0.6 is 0 Å². The predicted octanol–water partition coefficient (Wildman–Crippen LogP) is 6.18. The van der Waals surface area contributed by atoms with Crippen molar-refractivity contribution in [2.45, 2.75) is 0 Å². The third-order valence-corrected chi connectivity index (χ3v) is 4.67. The van der Waals surface area contributed by atoms with E-state index in [0.717, 1.165) is 0 Å². The van der Waals surface area contributed by atoms with E-state index in [4.69, 9.17) is 4.74 Å². The van der Waals surface area contributed by atoms with Crippen LogP contribution in [0.5, 0.6) is 5.75 Å². The van der Waals surface area contributed by atoms with Crippen LogP contribution in [0.3, 0.4) is 0 Å². The van der Waals surface area contributed by atoms with Crippen molar-refractivity contribution in [2.75, 3.05) is 7.11 Å². The lowest BCUT2D eigenvalue weighted by atomic mass is 9.97. The van der Waals surface area contributed by atoms with E-state index >= 15 is 0 Å². The van der Waals surface area contributed by atoms with Crippen LogP contribution in [-0.2, 0) is 0 Å². The Morgan fingerprint density at radius 1 is 0.677 bits per heavy atom. The number of nitrogens with zero attached hydrogens (tertiary/aromatic N) is 2. The number of hydrogen-bond acceptors (Lipinski definition) is 3. The monoisotopic (exact) mass is 428 g/mol. The van der Waals surface area contributed by atoms with Crippen LogP contribution in [0.25, 0.3) is 33.8 Å². The maximum Gasteiger partial charge on any atom is 0.200 e. The van der Waals surface area contributed by atoms with Crippen molar-refractivity contribution in [3.8, 4) is 39.5 Å². The molecule has 31 heavy (non-hydrogen) atoms. The molecule has 8 heteroatoms. The topological polar surface area (TPSA) is 35.0 Å². The molecular formula is C23H13F5N2O. The normalized spacial score (nSPS) is 10.9. The first kappa shape index (κ1) is 20.5. The molecule has 2 heterocycles. The highest BCUT2D eigenvalue weighted by molar-refractivity contribution is 5.83.